The van der Waals surface area contributed by atoms with Crippen molar-refractivity contribution in [3.8, 4) is 0 Å². The zero-order valence-electron chi connectivity index (χ0n) is 18.7. The molecule has 0 aliphatic carbocycles. The first-order chi connectivity index (χ1) is 16.3. The summed E-state index contributed by atoms with van der Waals surface area (Å²) < 4.78 is 115. The number of carboxylic acid groups (broad SMARTS) is 2. The highest BCUT2D eigenvalue weighted by molar-refractivity contribution is 5.67. The summed E-state index contributed by atoms with van der Waals surface area (Å²) in [5.41, 5.74) is 0. The molecule has 1 unspecified atom stereocenters. The number of carbonyl (C=O) groups excluding carboxylic acids is 1. The zero-order chi connectivity index (χ0) is 28.2. The predicted octanol–water partition coefficient (Wildman–Crippen LogP) is 4.93. The van der Waals surface area contributed by atoms with Gasteiger partial charge in [-0.05, 0) is 31.6 Å². The third-order valence-corrected chi connectivity index (χ3v) is 4.51. The topological polar surface area (TPSA) is 119 Å². The molecule has 18 heteroatoms. The Labute approximate surface area is 199 Å². The molecule has 9 nitrogen and oxygen atoms in total. The van der Waals surface area contributed by atoms with Crippen molar-refractivity contribution < 1.29 is 68.8 Å². The van der Waals surface area contributed by atoms with E-state index in [0.717, 1.165) is 0 Å². The Balaban J connectivity index is 4.91. The van der Waals surface area contributed by atoms with Crippen molar-refractivity contribution >= 4 is 18.3 Å². The van der Waals surface area contributed by atoms with Gasteiger partial charge in [0.1, 0.15) is 13.1 Å². The SMILES string of the molecule is O=C(NCC(CCCCN(CC(F)(F)F)C(=O)O)CCCN(CC(F)(F)F)C(=O)O)OCC(F)(F)F. The van der Waals surface area contributed by atoms with Gasteiger partial charge in [-0.3, -0.25) is 9.80 Å². The van der Waals surface area contributed by atoms with Gasteiger partial charge < -0.3 is 20.3 Å². The number of unbranched alkanes of at least 4 members (excludes halogenated alkanes) is 1. The van der Waals surface area contributed by atoms with Gasteiger partial charge in [-0.1, -0.05) is 6.42 Å². The highest BCUT2D eigenvalue weighted by Gasteiger charge is 2.34. The van der Waals surface area contributed by atoms with Gasteiger partial charge in [0, 0.05) is 19.6 Å². The summed E-state index contributed by atoms with van der Waals surface area (Å²) >= 11 is 0. The second-order valence-corrected chi connectivity index (χ2v) is 7.71. The molecular formula is C18H26F9N3O6. The first-order valence-electron chi connectivity index (χ1n) is 10.4. The van der Waals surface area contributed by atoms with Crippen LogP contribution in [0.1, 0.15) is 32.1 Å². The second-order valence-electron chi connectivity index (χ2n) is 7.71. The predicted molar refractivity (Wildman–Crippen MR) is 103 cm³/mol. The lowest BCUT2D eigenvalue weighted by Gasteiger charge is -2.23. The molecule has 1 atom stereocenters. The average Bonchev–Trinajstić information content (AvgIpc) is 2.68. The molecule has 0 saturated carbocycles. The zero-order valence-corrected chi connectivity index (χ0v) is 18.7. The van der Waals surface area contributed by atoms with Crippen LogP contribution < -0.4 is 5.32 Å². The summed E-state index contributed by atoms with van der Waals surface area (Å²) in [4.78, 5) is 33.6. The van der Waals surface area contributed by atoms with Crippen LogP contribution in [0.4, 0.5) is 53.9 Å². The van der Waals surface area contributed by atoms with Gasteiger partial charge in [0.2, 0.25) is 0 Å². The molecule has 0 fully saturated rings. The molecule has 0 aromatic carbocycles. The van der Waals surface area contributed by atoms with E-state index >= 15 is 0 Å². The molecule has 0 aliphatic heterocycles. The molecule has 0 radical (unpaired) electrons. The van der Waals surface area contributed by atoms with E-state index in [1.165, 1.54) is 0 Å². The molecule has 0 bridgehead atoms. The van der Waals surface area contributed by atoms with Crippen LogP contribution in [-0.2, 0) is 4.74 Å². The lowest BCUT2D eigenvalue weighted by atomic mass is 9.96. The Kier molecular flexibility index (Phi) is 13.5. The van der Waals surface area contributed by atoms with Crippen LogP contribution in [0.2, 0.25) is 0 Å². The molecule has 0 aromatic rings. The number of halogens is 9. The normalized spacial score (nSPS) is 13.1. The fourth-order valence-electron chi connectivity index (χ4n) is 3.00. The summed E-state index contributed by atoms with van der Waals surface area (Å²) in [6, 6.07) is 0. The second kappa shape index (κ2) is 14.7. The van der Waals surface area contributed by atoms with Gasteiger partial charge in [-0.15, -0.1) is 0 Å². The van der Waals surface area contributed by atoms with Gasteiger partial charge in [0.15, 0.2) is 6.61 Å². The third-order valence-electron chi connectivity index (χ3n) is 4.51. The van der Waals surface area contributed by atoms with Crippen molar-refractivity contribution in [2.75, 3.05) is 39.3 Å². The smallest absolute Gasteiger partial charge is 0.422 e. The summed E-state index contributed by atoms with van der Waals surface area (Å²) in [5.74, 6) is -0.633. The summed E-state index contributed by atoms with van der Waals surface area (Å²) in [6.45, 7) is -6.70. The summed E-state index contributed by atoms with van der Waals surface area (Å²) in [7, 11) is 0. The van der Waals surface area contributed by atoms with Crippen LogP contribution in [0.15, 0.2) is 0 Å². The number of nitrogens with one attached hydrogen (secondary N) is 1. The molecule has 0 heterocycles. The largest absolute Gasteiger partial charge is 0.465 e. The van der Waals surface area contributed by atoms with E-state index in [4.69, 9.17) is 10.2 Å². The molecule has 0 aromatic heterocycles. The minimum atomic E-state index is -4.80. The summed E-state index contributed by atoms with van der Waals surface area (Å²) in [5, 5.41) is 19.8. The van der Waals surface area contributed by atoms with Crippen molar-refractivity contribution in [1.29, 1.82) is 0 Å². The van der Waals surface area contributed by atoms with E-state index in [0.29, 0.717) is 0 Å². The average molecular weight is 551 g/mol. The van der Waals surface area contributed by atoms with Crippen LogP contribution in [0, 0.1) is 5.92 Å². The van der Waals surface area contributed by atoms with E-state index in [9.17, 15) is 53.9 Å². The maximum Gasteiger partial charge on any atom is 0.422 e. The quantitative estimate of drug-likeness (QED) is 0.208. The van der Waals surface area contributed by atoms with Crippen LogP contribution >= 0.6 is 0 Å². The van der Waals surface area contributed by atoms with E-state index in [-0.39, 0.29) is 48.4 Å². The molecule has 3 N–H and O–H groups in total. The molecule has 0 aliphatic rings. The van der Waals surface area contributed by atoms with Crippen molar-refractivity contribution in [2.24, 2.45) is 5.92 Å². The number of carbonyl (C=O) groups is 3. The molecule has 212 valence electrons. The van der Waals surface area contributed by atoms with Gasteiger partial charge >= 0.3 is 36.8 Å². The highest BCUT2D eigenvalue weighted by Crippen LogP contribution is 2.21. The van der Waals surface area contributed by atoms with Gasteiger partial charge in [0.05, 0.1) is 0 Å². The molecular weight excluding hydrogens is 525 g/mol. The Hall–Kier alpha value is -2.82. The van der Waals surface area contributed by atoms with Crippen molar-refractivity contribution in [3.05, 3.63) is 0 Å². The van der Waals surface area contributed by atoms with Crippen LogP contribution in [0.3, 0.4) is 0 Å². The standard InChI is InChI=1S/C18H26F9N3O6/c19-16(20,21)9-29(14(32)33)6-2-1-4-12(8-28-13(31)36-11-18(25,26)27)5-3-7-30(15(34)35)10-17(22,23)24/h12H,1-11H2,(H,28,31)(H,32,33)(H,34,35). The number of alkyl carbamates (subject to hydrolysis) is 1. The Morgan fingerprint density at radius 2 is 1.17 bits per heavy atom. The van der Waals surface area contributed by atoms with E-state index in [1.54, 1.807) is 0 Å². The number of rotatable bonds is 14. The lowest BCUT2D eigenvalue weighted by Crippen LogP contribution is -2.39. The van der Waals surface area contributed by atoms with Crippen LogP contribution in [0.25, 0.3) is 0 Å². The number of hydrogen-bond donors (Lipinski definition) is 3. The van der Waals surface area contributed by atoms with Crippen LogP contribution in [0.5, 0.6) is 0 Å². The minimum absolute atomic E-state index is 0.00756. The molecule has 0 saturated heterocycles. The Morgan fingerprint density at radius 1 is 0.722 bits per heavy atom. The van der Waals surface area contributed by atoms with Crippen LogP contribution in [-0.4, -0.2) is 96.2 Å². The van der Waals surface area contributed by atoms with Gasteiger partial charge in [0.25, 0.3) is 0 Å². The number of hydrogen-bond acceptors (Lipinski definition) is 4. The third kappa shape index (κ3) is 18.5. The van der Waals surface area contributed by atoms with E-state index < -0.39 is 75.5 Å². The first kappa shape index (κ1) is 33.2. The monoisotopic (exact) mass is 551 g/mol. The number of nitrogens with zero attached hydrogens (tertiary/aromatic N) is 2. The molecule has 0 rings (SSSR count). The fourth-order valence-corrected chi connectivity index (χ4v) is 3.00. The molecule has 3 amide bonds. The van der Waals surface area contributed by atoms with Gasteiger partial charge in [-0.2, -0.15) is 39.5 Å². The number of ether oxygens (including phenoxy) is 1. The minimum Gasteiger partial charge on any atom is -0.465 e. The maximum atomic E-state index is 12.5. The molecule has 36 heavy (non-hydrogen) atoms. The van der Waals surface area contributed by atoms with Crippen molar-refractivity contribution in [2.45, 2.75) is 50.6 Å². The maximum absolute atomic E-state index is 12.5. The highest BCUT2D eigenvalue weighted by atomic mass is 19.4. The lowest BCUT2D eigenvalue weighted by molar-refractivity contribution is -0.160. The van der Waals surface area contributed by atoms with Crippen molar-refractivity contribution in [1.82, 2.24) is 15.1 Å². The van der Waals surface area contributed by atoms with E-state index in [2.05, 4.69) is 4.74 Å². The van der Waals surface area contributed by atoms with Crippen molar-refractivity contribution in [3.63, 3.8) is 0 Å². The Morgan fingerprint density at radius 3 is 1.58 bits per heavy atom. The first-order valence-corrected chi connectivity index (χ1v) is 10.4. The molecule has 0 spiro atoms. The van der Waals surface area contributed by atoms with Gasteiger partial charge in [-0.25, -0.2) is 14.4 Å². The fraction of sp³-hybridized carbons (Fsp3) is 0.833. The van der Waals surface area contributed by atoms with E-state index in [1.807, 2.05) is 5.32 Å². The number of amides is 3. The Bertz CT molecular complexity index is 701. The summed E-state index contributed by atoms with van der Waals surface area (Å²) in [6.07, 6.45) is -19.5. The number of alkyl halides is 9.